The molecule has 116 valence electrons. The number of anilines is 1. The van der Waals surface area contributed by atoms with Crippen LogP contribution in [-0.2, 0) is 9.63 Å². The Morgan fingerprint density at radius 1 is 1.26 bits per heavy atom. The van der Waals surface area contributed by atoms with Gasteiger partial charge in [0.05, 0.1) is 17.8 Å². The summed E-state index contributed by atoms with van der Waals surface area (Å²) in [6, 6.07) is 16.4. The molecular formula is C17H15N3O2S. The molecule has 0 saturated carbocycles. The van der Waals surface area contributed by atoms with Gasteiger partial charge in [0.15, 0.2) is 6.61 Å². The van der Waals surface area contributed by atoms with Crippen LogP contribution >= 0.6 is 11.8 Å². The Morgan fingerprint density at radius 2 is 1.96 bits per heavy atom. The molecular weight excluding hydrogens is 310 g/mol. The second kappa shape index (κ2) is 8.61. The number of carbonyl (C=O) groups is 1. The highest BCUT2D eigenvalue weighted by molar-refractivity contribution is 7.98. The van der Waals surface area contributed by atoms with Crippen LogP contribution in [0.5, 0.6) is 0 Å². The number of benzene rings is 2. The summed E-state index contributed by atoms with van der Waals surface area (Å²) in [7, 11) is 0. The van der Waals surface area contributed by atoms with E-state index in [4.69, 9.17) is 10.1 Å². The standard InChI is InChI=1S/C17H15N3O2S/c1-23-16-8-4-14(5-9-16)11-19-22-12-17(21)20-15-6-2-13(10-18)3-7-15/h2-9,11H,12H2,1H3,(H,20,21)/b19-11-. The van der Waals surface area contributed by atoms with E-state index in [1.165, 1.54) is 4.90 Å². The quantitative estimate of drug-likeness (QED) is 0.502. The number of hydrogen-bond acceptors (Lipinski definition) is 5. The highest BCUT2D eigenvalue weighted by atomic mass is 32.2. The number of hydrogen-bond donors (Lipinski definition) is 1. The largest absolute Gasteiger partial charge is 0.386 e. The van der Waals surface area contributed by atoms with E-state index in [2.05, 4.69) is 10.5 Å². The van der Waals surface area contributed by atoms with Crippen molar-refractivity contribution in [3.63, 3.8) is 0 Å². The van der Waals surface area contributed by atoms with Gasteiger partial charge in [-0.15, -0.1) is 11.8 Å². The van der Waals surface area contributed by atoms with Crippen LogP contribution in [0.3, 0.4) is 0 Å². The number of oxime groups is 1. The van der Waals surface area contributed by atoms with Gasteiger partial charge in [-0.1, -0.05) is 17.3 Å². The van der Waals surface area contributed by atoms with Gasteiger partial charge in [-0.05, 0) is 48.2 Å². The second-order valence-corrected chi connectivity index (χ2v) is 5.40. The molecule has 2 aromatic rings. The highest BCUT2D eigenvalue weighted by Gasteiger charge is 2.02. The lowest BCUT2D eigenvalue weighted by molar-refractivity contribution is -0.120. The Balaban J connectivity index is 1.77. The molecule has 2 rings (SSSR count). The normalized spacial score (nSPS) is 10.3. The van der Waals surface area contributed by atoms with Crippen molar-refractivity contribution in [3.8, 4) is 6.07 Å². The van der Waals surface area contributed by atoms with Crippen LogP contribution in [0.1, 0.15) is 11.1 Å². The van der Waals surface area contributed by atoms with Crippen molar-refractivity contribution in [1.82, 2.24) is 0 Å². The van der Waals surface area contributed by atoms with Crippen molar-refractivity contribution in [2.24, 2.45) is 5.16 Å². The Kier molecular flexibility index (Phi) is 6.21. The first-order valence-electron chi connectivity index (χ1n) is 6.80. The number of carbonyl (C=O) groups excluding carboxylic acids is 1. The van der Waals surface area contributed by atoms with Crippen LogP contribution in [0.4, 0.5) is 5.69 Å². The monoisotopic (exact) mass is 325 g/mol. The van der Waals surface area contributed by atoms with Gasteiger partial charge in [0, 0.05) is 10.6 Å². The second-order valence-electron chi connectivity index (χ2n) is 4.52. The van der Waals surface area contributed by atoms with Crippen LogP contribution in [0.15, 0.2) is 58.6 Å². The molecule has 0 unspecified atom stereocenters. The van der Waals surface area contributed by atoms with Gasteiger partial charge in [0.25, 0.3) is 5.91 Å². The van der Waals surface area contributed by atoms with Crippen LogP contribution in [-0.4, -0.2) is 25.0 Å². The Labute approximate surface area is 139 Å². The van der Waals surface area contributed by atoms with E-state index in [9.17, 15) is 4.79 Å². The van der Waals surface area contributed by atoms with Crippen molar-refractivity contribution < 1.29 is 9.63 Å². The summed E-state index contributed by atoms with van der Waals surface area (Å²) in [5.41, 5.74) is 2.04. The number of amides is 1. The summed E-state index contributed by atoms with van der Waals surface area (Å²) in [5.74, 6) is -0.315. The van der Waals surface area contributed by atoms with Gasteiger partial charge >= 0.3 is 0 Å². The topological polar surface area (TPSA) is 74.5 Å². The summed E-state index contributed by atoms with van der Waals surface area (Å²) < 4.78 is 0. The zero-order chi connectivity index (χ0) is 16.5. The zero-order valence-electron chi connectivity index (χ0n) is 12.5. The smallest absolute Gasteiger partial charge is 0.265 e. The molecule has 0 fully saturated rings. The first kappa shape index (κ1) is 16.6. The summed E-state index contributed by atoms with van der Waals surface area (Å²) in [4.78, 5) is 17.8. The van der Waals surface area contributed by atoms with E-state index in [0.29, 0.717) is 11.3 Å². The molecule has 23 heavy (non-hydrogen) atoms. The molecule has 0 atom stereocenters. The third kappa shape index (κ3) is 5.49. The summed E-state index contributed by atoms with van der Waals surface area (Å²) in [6.45, 7) is -0.181. The van der Waals surface area contributed by atoms with Crippen molar-refractivity contribution in [2.75, 3.05) is 18.2 Å². The van der Waals surface area contributed by atoms with Crippen molar-refractivity contribution in [1.29, 1.82) is 5.26 Å². The predicted octanol–water partition coefficient (Wildman–Crippen LogP) is 3.27. The molecule has 1 amide bonds. The first-order valence-corrected chi connectivity index (χ1v) is 8.03. The van der Waals surface area contributed by atoms with Crippen molar-refractivity contribution in [3.05, 3.63) is 59.7 Å². The Hall–Kier alpha value is -2.78. The minimum Gasteiger partial charge on any atom is -0.386 e. The molecule has 0 aliphatic heterocycles. The van der Waals surface area contributed by atoms with Gasteiger partial charge in [0.2, 0.25) is 0 Å². The van der Waals surface area contributed by atoms with Crippen LogP contribution < -0.4 is 5.32 Å². The van der Waals surface area contributed by atoms with E-state index in [0.717, 1.165) is 5.56 Å². The average Bonchev–Trinajstić information content (AvgIpc) is 2.60. The lowest BCUT2D eigenvalue weighted by Crippen LogP contribution is -2.16. The van der Waals surface area contributed by atoms with E-state index in [-0.39, 0.29) is 12.5 Å². The number of nitriles is 1. The number of rotatable bonds is 6. The van der Waals surface area contributed by atoms with E-state index < -0.39 is 0 Å². The number of thioether (sulfide) groups is 1. The molecule has 0 aliphatic rings. The van der Waals surface area contributed by atoms with Crippen LogP contribution in [0, 0.1) is 11.3 Å². The van der Waals surface area contributed by atoms with Gasteiger partial charge in [-0.2, -0.15) is 5.26 Å². The fourth-order valence-corrected chi connectivity index (χ4v) is 2.12. The lowest BCUT2D eigenvalue weighted by Gasteiger charge is -2.04. The van der Waals surface area contributed by atoms with Gasteiger partial charge in [-0.25, -0.2) is 0 Å². The fourth-order valence-electron chi connectivity index (χ4n) is 1.71. The molecule has 6 heteroatoms. The Morgan fingerprint density at radius 3 is 2.57 bits per heavy atom. The summed E-state index contributed by atoms with van der Waals surface area (Å²) in [5, 5.41) is 15.1. The minimum absolute atomic E-state index is 0.181. The molecule has 0 bridgehead atoms. The van der Waals surface area contributed by atoms with E-state index in [1.54, 1.807) is 42.2 Å². The third-order valence-corrected chi connectivity index (χ3v) is 3.63. The molecule has 0 radical (unpaired) electrons. The van der Waals surface area contributed by atoms with Crippen molar-refractivity contribution in [2.45, 2.75) is 4.90 Å². The fraction of sp³-hybridized carbons (Fsp3) is 0.118. The van der Waals surface area contributed by atoms with E-state index >= 15 is 0 Å². The predicted molar refractivity (Wildman–Crippen MR) is 91.6 cm³/mol. The molecule has 0 aromatic heterocycles. The molecule has 1 N–H and O–H groups in total. The van der Waals surface area contributed by atoms with Gasteiger partial charge < -0.3 is 10.2 Å². The average molecular weight is 325 g/mol. The number of nitrogens with one attached hydrogen (secondary N) is 1. The van der Waals surface area contributed by atoms with Crippen LogP contribution in [0.25, 0.3) is 0 Å². The third-order valence-electron chi connectivity index (χ3n) is 2.89. The van der Waals surface area contributed by atoms with Gasteiger partial charge in [-0.3, -0.25) is 4.79 Å². The maximum Gasteiger partial charge on any atom is 0.265 e. The van der Waals surface area contributed by atoms with Crippen LogP contribution in [0.2, 0.25) is 0 Å². The zero-order valence-corrected chi connectivity index (χ0v) is 13.3. The molecule has 0 saturated heterocycles. The van der Waals surface area contributed by atoms with Crippen molar-refractivity contribution >= 4 is 29.6 Å². The number of nitrogens with zero attached hydrogens (tertiary/aromatic N) is 2. The molecule has 2 aromatic carbocycles. The first-order chi connectivity index (χ1) is 11.2. The minimum atomic E-state index is -0.315. The molecule has 0 spiro atoms. The summed E-state index contributed by atoms with van der Waals surface area (Å²) in [6.07, 6.45) is 3.57. The molecule has 5 nitrogen and oxygen atoms in total. The maximum absolute atomic E-state index is 11.7. The molecule has 0 heterocycles. The van der Waals surface area contributed by atoms with Gasteiger partial charge in [0.1, 0.15) is 0 Å². The maximum atomic E-state index is 11.7. The molecule has 0 aliphatic carbocycles. The Bertz CT molecular complexity index is 719. The SMILES string of the molecule is CSc1ccc(/C=N\OCC(=O)Nc2ccc(C#N)cc2)cc1. The summed E-state index contributed by atoms with van der Waals surface area (Å²) >= 11 is 1.67. The highest BCUT2D eigenvalue weighted by Crippen LogP contribution is 2.14. The van der Waals surface area contributed by atoms with E-state index in [1.807, 2.05) is 36.6 Å². The lowest BCUT2D eigenvalue weighted by atomic mass is 10.2.